The maximum Gasteiger partial charge on any atom is 0.336 e. The quantitative estimate of drug-likeness (QED) is 0.221. The van der Waals surface area contributed by atoms with Crippen molar-refractivity contribution in [2.45, 2.75) is 88.9 Å². The van der Waals surface area contributed by atoms with E-state index in [1.54, 1.807) is 61.0 Å². The van der Waals surface area contributed by atoms with Crippen LogP contribution >= 0.6 is 19.0 Å². The molecule has 0 aromatic heterocycles. The third-order valence-corrected chi connectivity index (χ3v) is 12.6. The molecule has 0 heterocycles. The number of carboxylic acids is 2. The van der Waals surface area contributed by atoms with E-state index < -0.39 is 19.2 Å². The van der Waals surface area contributed by atoms with Crippen LogP contribution in [-0.2, 0) is 0 Å². The van der Waals surface area contributed by atoms with Gasteiger partial charge in [0, 0.05) is 22.6 Å². The van der Waals surface area contributed by atoms with E-state index in [0.29, 0.717) is 9.79 Å². The number of benzene rings is 2. The fourth-order valence-corrected chi connectivity index (χ4v) is 10.6. The highest BCUT2D eigenvalue weighted by Crippen LogP contribution is 2.61. The molecule has 0 aliphatic heterocycles. The molecular formula is C30H45O4PS. The Bertz CT molecular complexity index is 822. The van der Waals surface area contributed by atoms with E-state index >= 15 is 0 Å². The molecule has 0 unspecified atom stereocenters. The van der Waals surface area contributed by atoms with Crippen LogP contribution in [0.5, 0.6) is 0 Å². The minimum atomic E-state index is -1.28. The van der Waals surface area contributed by atoms with Crippen LogP contribution in [0.2, 0.25) is 0 Å². The zero-order valence-electron chi connectivity index (χ0n) is 22.6. The molecule has 0 saturated heterocycles. The summed E-state index contributed by atoms with van der Waals surface area (Å²) in [7, 11) is -0.562. The number of carbonyl (C=O) groups is 2. The van der Waals surface area contributed by atoms with Crippen molar-refractivity contribution in [3.05, 3.63) is 59.7 Å². The Labute approximate surface area is 223 Å². The average molecular weight is 533 g/mol. The molecule has 2 aromatic carbocycles. The van der Waals surface area contributed by atoms with Crippen molar-refractivity contribution >= 4 is 31.0 Å². The molecule has 2 aromatic rings. The molecular weight excluding hydrogens is 487 g/mol. The standard InChI is InChI=1S/C16H36P.C14H10O4S/c1-5-9-13-17(14-10-6-2,15-11-7-3)16-12-8-4;15-13(16)9-5-1-3-7-11(9)19-12-8-4-2-6-10(12)14(17)18/h5-16H2,1-4H3;1-8H,(H,15,16)(H,17,18)/q+1;/p-1. The van der Waals surface area contributed by atoms with Crippen LogP contribution in [0.15, 0.2) is 58.3 Å². The number of unbranched alkanes of at least 4 members (excludes halogenated alkanes) is 4. The van der Waals surface area contributed by atoms with Crippen LogP contribution in [0.25, 0.3) is 0 Å². The molecule has 2 rings (SSSR count). The largest absolute Gasteiger partial charge is 0.545 e. The van der Waals surface area contributed by atoms with Gasteiger partial charge in [0.15, 0.2) is 0 Å². The fraction of sp³-hybridized carbons (Fsp3) is 0.533. The summed E-state index contributed by atoms with van der Waals surface area (Å²) < 4.78 is 0. The van der Waals surface area contributed by atoms with Crippen molar-refractivity contribution in [3.8, 4) is 0 Å². The molecule has 0 fully saturated rings. The second kappa shape index (κ2) is 18.4. The van der Waals surface area contributed by atoms with E-state index in [1.165, 1.54) is 63.5 Å². The van der Waals surface area contributed by atoms with E-state index in [1.807, 2.05) is 0 Å². The normalized spacial score (nSPS) is 11.0. The van der Waals surface area contributed by atoms with E-state index in [-0.39, 0.29) is 11.1 Å². The Morgan fingerprint density at radius 3 is 1.42 bits per heavy atom. The first kappa shape index (κ1) is 32.2. The van der Waals surface area contributed by atoms with Crippen LogP contribution in [-0.4, -0.2) is 41.7 Å². The lowest BCUT2D eigenvalue weighted by Gasteiger charge is -2.28. The first-order valence-corrected chi connectivity index (χ1v) is 16.8. The summed E-state index contributed by atoms with van der Waals surface area (Å²) in [5.74, 6) is -2.33. The summed E-state index contributed by atoms with van der Waals surface area (Å²) in [5, 5.41) is 20.1. The van der Waals surface area contributed by atoms with Gasteiger partial charge in [-0.15, -0.1) is 0 Å². The second-order valence-corrected chi connectivity index (χ2v) is 14.9. The molecule has 4 nitrogen and oxygen atoms in total. The number of carbonyl (C=O) groups excluding carboxylic acids is 1. The van der Waals surface area contributed by atoms with Crippen molar-refractivity contribution in [2.75, 3.05) is 24.6 Å². The number of carboxylic acid groups (broad SMARTS) is 2. The molecule has 0 spiro atoms. The molecule has 200 valence electrons. The molecule has 0 bridgehead atoms. The van der Waals surface area contributed by atoms with Gasteiger partial charge in [0.2, 0.25) is 0 Å². The van der Waals surface area contributed by atoms with Gasteiger partial charge < -0.3 is 15.0 Å². The SMILES string of the molecule is CCCC[P+](CCCC)(CCCC)CCCC.O=C([O-])c1ccccc1Sc1ccccc1C(=O)O. The minimum Gasteiger partial charge on any atom is -0.545 e. The highest BCUT2D eigenvalue weighted by Gasteiger charge is 2.34. The van der Waals surface area contributed by atoms with Gasteiger partial charge in [-0.2, -0.15) is 0 Å². The monoisotopic (exact) mass is 532 g/mol. The van der Waals surface area contributed by atoms with Gasteiger partial charge in [-0.1, -0.05) is 95.5 Å². The van der Waals surface area contributed by atoms with Crippen LogP contribution in [0, 0.1) is 0 Å². The Kier molecular flexibility index (Phi) is 16.5. The lowest BCUT2D eigenvalue weighted by Crippen LogP contribution is -2.22. The van der Waals surface area contributed by atoms with E-state index in [4.69, 9.17) is 5.11 Å². The molecule has 0 aliphatic carbocycles. The maximum absolute atomic E-state index is 11.1. The van der Waals surface area contributed by atoms with Crippen molar-refractivity contribution in [3.63, 3.8) is 0 Å². The number of hydrogen-bond acceptors (Lipinski definition) is 4. The Hall–Kier alpha value is -1.84. The Morgan fingerprint density at radius 1 is 0.694 bits per heavy atom. The van der Waals surface area contributed by atoms with Crippen molar-refractivity contribution < 1.29 is 19.8 Å². The van der Waals surface area contributed by atoms with E-state index in [0.717, 1.165) is 11.8 Å². The summed E-state index contributed by atoms with van der Waals surface area (Å²) >= 11 is 1.10. The molecule has 6 heteroatoms. The first-order valence-electron chi connectivity index (χ1n) is 13.5. The van der Waals surface area contributed by atoms with Gasteiger partial charge in [-0.25, -0.2) is 4.79 Å². The molecule has 36 heavy (non-hydrogen) atoms. The number of rotatable bonds is 16. The van der Waals surface area contributed by atoms with Crippen LogP contribution in [0.3, 0.4) is 0 Å². The highest BCUT2D eigenvalue weighted by atomic mass is 32.2. The highest BCUT2D eigenvalue weighted by molar-refractivity contribution is 7.99. The fourth-order valence-electron chi connectivity index (χ4n) is 4.22. The lowest BCUT2D eigenvalue weighted by atomic mass is 10.2. The molecule has 1 N–H and O–H groups in total. The summed E-state index contributed by atoms with van der Waals surface area (Å²) in [4.78, 5) is 23.0. The number of hydrogen-bond donors (Lipinski definition) is 1. The molecule has 0 radical (unpaired) electrons. The second-order valence-electron chi connectivity index (χ2n) is 9.34. The Morgan fingerprint density at radius 2 is 1.06 bits per heavy atom. The topological polar surface area (TPSA) is 77.4 Å². The van der Waals surface area contributed by atoms with Crippen LogP contribution in [0.4, 0.5) is 0 Å². The van der Waals surface area contributed by atoms with Crippen molar-refractivity contribution in [1.82, 2.24) is 0 Å². The predicted octanol–water partition coefficient (Wildman–Crippen LogP) is 8.10. The molecule has 0 atom stereocenters. The minimum absolute atomic E-state index is 0.0488. The lowest BCUT2D eigenvalue weighted by molar-refractivity contribution is -0.255. The van der Waals surface area contributed by atoms with Crippen LogP contribution < -0.4 is 5.11 Å². The molecule has 0 aliphatic rings. The van der Waals surface area contributed by atoms with E-state index in [9.17, 15) is 14.7 Å². The first-order chi connectivity index (χ1) is 17.3. The zero-order valence-corrected chi connectivity index (χ0v) is 24.3. The summed E-state index contributed by atoms with van der Waals surface area (Å²) in [6, 6.07) is 12.8. The number of aromatic carboxylic acids is 2. The van der Waals surface area contributed by atoms with Gasteiger partial charge >= 0.3 is 5.97 Å². The van der Waals surface area contributed by atoms with Gasteiger partial charge in [0.25, 0.3) is 0 Å². The molecule has 0 saturated carbocycles. The van der Waals surface area contributed by atoms with E-state index in [2.05, 4.69) is 27.7 Å². The third-order valence-electron chi connectivity index (χ3n) is 6.39. The van der Waals surface area contributed by atoms with Gasteiger partial charge in [-0.05, 0) is 43.9 Å². The van der Waals surface area contributed by atoms with Crippen LogP contribution in [0.1, 0.15) is 99.8 Å². The van der Waals surface area contributed by atoms with Gasteiger partial charge in [-0.3, -0.25) is 0 Å². The zero-order chi connectivity index (χ0) is 26.8. The molecule has 0 amide bonds. The smallest absolute Gasteiger partial charge is 0.336 e. The maximum atomic E-state index is 11.1. The third kappa shape index (κ3) is 11.5. The van der Waals surface area contributed by atoms with Crippen molar-refractivity contribution in [2.24, 2.45) is 0 Å². The Balaban J connectivity index is 0.000000363. The van der Waals surface area contributed by atoms with Gasteiger partial charge in [0.05, 0.1) is 36.2 Å². The summed E-state index contributed by atoms with van der Waals surface area (Å²) in [5.41, 5.74) is 0.188. The van der Waals surface area contributed by atoms with Gasteiger partial charge in [0.1, 0.15) is 0 Å². The summed E-state index contributed by atoms with van der Waals surface area (Å²) in [6.45, 7) is 9.42. The van der Waals surface area contributed by atoms with Crippen molar-refractivity contribution in [1.29, 1.82) is 0 Å². The summed E-state index contributed by atoms with van der Waals surface area (Å²) in [6.07, 6.45) is 17.9. The average Bonchev–Trinajstić information content (AvgIpc) is 2.88. The predicted molar refractivity (Wildman–Crippen MR) is 154 cm³/mol.